The fourth-order valence-electron chi connectivity index (χ4n) is 1.59. The first kappa shape index (κ1) is 14.6. The smallest absolute Gasteiger partial charge is 0.276 e. The predicted octanol–water partition coefficient (Wildman–Crippen LogP) is 0.341. The summed E-state index contributed by atoms with van der Waals surface area (Å²) >= 11 is 0. The van der Waals surface area contributed by atoms with E-state index in [1.807, 2.05) is 0 Å². The third-order valence-electron chi connectivity index (χ3n) is 2.25. The Morgan fingerprint density at radius 3 is 2.53 bits per heavy atom. The fraction of sp³-hybridized carbons (Fsp3) is 0.400. The van der Waals surface area contributed by atoms with Gasteiger partial charge in [0.2, 0.25) is 5.91 Å². The van der Waals surface area contributed by atoms with E-state index < -0.39 is 16.4 Å². The minimum absolute atomic E-state index is 0.0583. The van der Waals surface area contributed by atoms with E-state index in [0.717, 1.165) is 0 Å². The third kappa shape index (κ3) is 4.39. The van der Waals surface area contributed by atoms with Gasteiger partial charge < -0.3 is 16.5 Å². The van der Waals surface area contributed by atoms with Crippen LogP contribution in [0.4, 0.5) is 17.3 Å². The van der Waals surface area contributed by atoms with E-state index in [1.165, 1.54) is 12.1 Å². The number of hydrogen-bond acceptors (Lipinski definition) is 7. The van der Waals surface area contributed by atoms with Crippen molar-refractivity contribution in [1.82, 2.24) is 4.98 Å². The normalized spacial score (nSPS) is 10.9. The minimum Gasteiger partial charge on any atom is -0.370 e. The molecule has 0 aliphatic rings. The van der Waals surface area contributed by atoms with Crippen molar-refractivity contribution in [3.05, 3.63) is 22.2 Å². The lowest BCUT2D eigenvalue weighted by atomic mass is 10.0. The number of anilines is 2. The monoisotopic (exact) mass is 268 g/mol. The van der Waals surface area contributed by atoms with Gasteiger partial charge in [-0.25, -0.2) is 10.8 Å². The topological polar surface area (TPSA) is 149 Å². The van der Waals surface area contributed by atoms with Gasteiger partial charge in [-0.2, -0.15) is 0 Å². The summed E-state index contributed by atoms with van der Waals surface area (Å²) in [5.41, 5.74) is 6.52. The molecule has 0 fully saturated rings. The van der Waals surface area contributed by atoms with Gasteiger partial charge in [-0.05, 0) is 13.8 Å². The van der Waals surface area contributed by atoms with Crippen molar-refractivity contribution in [3.8, 4) is 0 Å². The number of pyridine rings is 1. The van der Waals surface area contributed by atoms with Gasteiger partial charge in [0, 0.05) is 12.0 Å². The summed E-state index contributed by atoms with van der Waals surface area (Å²) in [5, 5.41) is 13.7. The molecular formula is C10H16N6O3. The van der Waals surface area contributed by atoms with Crippen LogP contribution in [0.3, 0.4) is 0 Å². The maximum absolute atomic E-state index is 10.9. The molecule has 0 unspecified atom stereocenters. The number of nitrogen functional groups attached to an aromatic ring is 1. The number of hydrazine groups is 1. The number of nitrogens with two attached hydrogens (primary N) is 2. The number of carbonyl (C=O) groups excluding carboxylic acids is 1. The van der Waals surface area contributed by atoms with Crippen molar-refractivity contribution in [2.75, 3.05) is 10.7 Å². The van der Waals surface area contributed by atoms with E-state index in [0.29, 0.717) is 0 Å². The van der Waals surface area contributed by atoms with Crippen molar-refractivity contribution in [3.63, 3.8) is 0 Å². The van der Waals surface area contributed by atoms with Crippen LogP contribution in [0, 0.1) is 10.1 Å². The summed E-state index contributed by atoms with van der Waals surface area (Å²) in [6.07, 6.45) is 0.0583. The van der Waals surface area contributed by atoms with Crippen LogP contribution in [0.2, 0.25) is 0 Å². The number of amides is 1. The van der Waals surface area contributed by atoms with Crippen molar-refractivity contribution in [2.45, 2.75) is 25.8 Å². The molecule has 0 aliphatic carbocycles. The highest BCUT2D eigenvalue weighted by molar-refractivity contribution is 5.75. The van der Waals surface area contributed by atoms with E-state index in [-0.39, 0.29) is 23.7 Å². The van der Waals surface area contributed by atoms with Crippen molar-refractivity contribution < 1.29 is 9.72 Å². The van der Waals surface area contributed by atoms with Crippen LogP contribution < -0.4 is 22.3 Å². The Bertz CT molecular complexity index is 502. The van der Waals surface area contributed by atoms with Gasteiger partial charge in [0.05, 0.1) is 17.1 Å². The zero-order valence-corrected chi connectivity index (χ0v) is 10.6. The molecule has 104 valence electrons. The van der Waals surface area contributed by atoms with Crippen LogP contribution in [0.5, 0.6) is 0 Å². The molecule has 19 heavy (non-hydrogen) atoms. The quantitative estimate of drug-likeness (QED) is 0.330. The molecule has 0 aromatic carbocycles. The molecule has 0 atom stereocenters. The van der Waals surface area contributed by atoms with Gasteiger partial charge in [-0.3, -0.25) is 14.9 Å². The SMILES string of the molecule is CC(C)(CC(N)=O)Nc1cc([N+](=O)[O-])cc(NN)n1. The lowest BCUT2D eigenvalue weighted by Crippen LogP contribution is -2.36. The summed E-state index contributed by atoms with van der Waals surface area (Å²) in [7, 11) is 0. The molecule has 0 radical (unpaired) electrons. The van der Waals surface area contributed by atoms with Gasteiger partial charge in [0.25, 0.3) is 5.69 Å². The van der Waals surface area contributed by atoms with Crippen molar-refractivity contribution in [2.24, 2.45) is 11.6 Å². The van der Waals surface area contributed by atoms with Crippen molar-refractivity contribution in [1.29, 1.82) is 0 Å². The Labute approximate surface area is 109 Å². The molecular weight excluding hydrogens is 252 g/mol. The molecule has 1 aromatic heterocycles. The molecule has 0 spiro atoms. The molecule has 6 N–H and O–H groups in total. The van der Waals surface area contributed by atoms with Crippen molar-refractivity contribution >= 4 is 23.2 Å². The van der Waals surface area contributed by atoms with Gasteiger partial charge in [-0.15, -0.1) is 0 Å². The number of aromatic nitrogens is 1. The molecule has 1 amide bonds. The van der Waals surface area contributed by atoms with E-state index in [9.17, 15) is 14.9 Å². The molecule has 0 bridgehead atoms. The largest absolute Gasteiger partial charge is 0.370 e. The van der Waals surface area contributed by atoms with E-state index >= 15 is 0 Å². The molecule has 0 aliphatic heterocycles. The Morgan fingerprint density at radius 2 is 2.05 bits per heavy atom. The van der Waals surface area contributed by atoms with E-state index in [4.69, 9.17) is 11.6 Å². The van der Waals surface area contributed by atoms with Crippen LogP contribution in [-0.4, -0.2) is 21.4 Å². The summed E-state index contributed by atoms with van der Waals surface area (Å²) in [4.78, 5) is 25.2. The minimum atomic E-state index is -0.681. The first-order chi connectivity index (χ1) is 8.73. The second-order valence-electron chi connectivity index (χ2n) is 4.65. The first-order valence-electron chi connectivity index (χ1n) is 5.43. The lowest BCUT2D eigenvalue weighted by molar-refractivity contribution is -0.384. The Balaban J connectivity index is 3.03. The number of rotatable bonds is 6. The highest BCUT2D eigenvalue weighted by atomic mass is 16.6. The van der Waals surface area contributed by atoms with Gasteiger partial charge in [-0.1, -0.05) is 0 Å². The van der Waals surface area contributed by atoms with Crippen LogP contribution in [-0.2, 0) is 4.79 Å². The summed E-state index contributed by atoms with van der Waals surface area (Å²) in [6, 6.07) is 2.45. The zero-order chi connectivity index (χ0) is 14.6. The lowest BCUT2D eigenvalue weighted by Gasteiger charge is -2.25. The Kier molecular flexibility index (Phi) is 4.22. The third-order valence-corrected chi connectivity index (χ3v) is 2.25. The number of nitro groups is 1. The molecule has 0 saturated heterocycles. The summed E-state index contributed by atoms with van der Waals surface area (Å²) in [5.74, 6) is 5.08. The maximum atomic E-state index is 10.9. The highest BCUT2D eigenvalue weighted by Crippen LogP contribution is 2.23. The summed E-state index contributed by atoms with van der Waals surface area (Å²) < 4.78 is 0. The standard InChI is InChI=1S/C10H16N6O3/c1-10(2,5-7(11)17)14-8-3-6(16(18)19)4-9(13-8)15-12/h3-4H,5,12H2,1-2H3,(H2,11,17)(H2,13,14,15). The highest BCUT2D eigenvalue weighted by Gasteiger charge is 2.22. The molecule has 1 rings (SSSR count). The fourth-order valence-corrected chi connectivity index (χ4v) is 1.59. The second-order valence-corrected chi connectivity index (χ2v) is 4.65. The average Bonchev–Trinajstić information content (AvgIpc) is 2.25. The van der Waals surface area contributed by atoms with Crippen LogP contribution in [0.1, 0.15) is 20.3 Å². The Morgan fingerprint density at radius 1 is 1.47 bits per heavy atom. The number of hydrogen-bond donors (Lipinski definition) is 4. The predicted molar refractivity (Wildman–Crippen MR) is 70.2 cm³/mol. The first-order valence-corrected chi connectivity index (χ1v) is 5.43. The molecule has 1 heterocycles. The molecule has 9 heteroatoms. The van der Waals surface area contributed by atoms with E-state index in [2.05, 4.69) is 15.7 Å². The molecule has 9 nitrogen and oxygen atoms in total. The Hall–Kier alpha value is -2.42. The maximum Gasteiger partial charge on any atom is 0.276 e. The number of nitrogens with one attached hydrogen (secondary N) is 2. The van der Waals surface area contributed by atoms with Gasteiger partial charge in [0.1, 0.15) is 11.6 Å². The van der Waals surface area contributed by atoms with Crippen LogP contribution in [0.25, 0.3) is 0 Å². The zero-order valence-electron chi connectivity index (χ0n) is 10.6. The average molecular weight is 268 g/mol. The number of carbonyl (C=O) groups is 1. The number of nitrogens with zero attached hydrogens (tertiary/aromatic N) is 2. The number of primary amides is 1. The van der Waals surface area contributed by atoms with Gasteiger partial charge >= 0.3 is 0 Å². The molecule has 1 aromatic rings. The van der Waals surface area contributed by atoms with Crippen LogP contribution >= 0.6 is 0 Å². The van der Waals surface area contributed by atoms with Crippen LogP contribution in [0.15, 0.2) is 12.1 Å². The molecule has 0 saturated carbocycles. The van der Waals surface area contributed by atoms with Gasteiger partial charge in [0.15, 0.2) is 0 Å². The summed E-state index contributed by atoms with van der Waals surface area (Å²) in [6.45, 7) is 3.46. The second kappa shape index (κ2) is 5.48. The van der Waals surface area contributed by atoms with E-state index in [1.54, 1.807) is 13.8 Å².